The van der Waals surface area contributed by atoms with Gasteiger partial charge in [-0.15, -0.1) is 10.2 Å². The number of thioether (sulfide) groups is 1. The molecular formula is C14H16ClN3O4S2. The van der Waals surface area contributed by atoms with E-state index in [9.17, 15) is 13.5 Å². The highest BCUT2D eigenvalue weighted by molar-refractivity contribution is 8.01. The van der Waals surface area contributed by atoms with Crippen molar-refractivity contribution in [2.45, 2.75) is 23.1 Å². The maximum absolute atomic E-state index is 11.6. The van der Waals surface area contributed by atoms with Gasteiger partial charge in [-0.3, -0.25) is 0 Å². The van der Waals surface area contributed by atoms with Gasteiger partial charge in [-0.1, -0.05) is 23.4 Å². The van der Waals surface area contributed by atoms with Crippen LogP contribution in [-0.2, 0) is 23.5 Å². The number of aliphatic hydroxyl groups excluding tert-OH is 1. The Labute approximate surface area is 148 Å². The fourth-order valence-corrected chi connectivity index (χ4v) is 5.93. The quantitative estimate of drug-likeness (QED) is 0.823. The second-order valence-electron chi connectivity index (χ2n) is 5.50. The van der Waals surface area contributed by atoms with Gasteiger partial charge in [0.25, 0.3) is 0 Å². The average Bonchev–Trinajstić information content (AvgIpc) is 2.99. The number of rotatable bonds is 5. The first kappa shape index (κ1) is 17.5. The van der Waals surface area contributed by atoms with Crippen LogP contribution in [0.4, 0.5) is 0 Å². The van der Waals surface area contributed by atoms with E-state index < -0.39 is 21.2 Å². The van der Waals surface area contributed by atoms with Crippen LogP contribution in [0, 0.1) is 0 Å². The summed E-state index contributed by atoms with van der Waals surface area (Å²) in [5.41, 5.74) is 0. The minimum Gasteiger partial charge on any atom is -0.486 e. The van der Waals surface area contributed by atoms with E-state index in [0.29, 0.717) is 21.8 Å². The third kappa shape index (κ3) is 4.02. The van der Waals surface area contributed by atoms with Gasteiger partial charge in [0.2, 0.25) is 0 Å². The highest BCUT2D eigenvalue weighted by atomic mass is 35.5. The highest BCUT2D eigenvalue weighted by Gasteiger charge is 2.38. The molecule has 2 heterocycles. The van der Waals surface area contributed by atoms with Crippen LogP contribution in [0.1, 0.15) is 5.82 Å². The Morgan fingerprint density at radius 1 is 1.33 bits per heavy atom. The summed E-state index contributed by atoms with van der Waals surface area (Å²) in [6.07, 6.45) is -0.884. The molecule has 7 nitrogen and oxygen atoms in total. The van der Waals surface area contributed by atoms with Crippen molar-refractivity contribution in [3.05, 3.63) is 35.1 Å². The van der Waals surface area contributed by atoms with Crippen molar-refractivity contribution in [1.29, 1.82) is 0 Å². The molecule has 0 unspecified atom stereocenters. The molecule has 2 atom stereocenters. The SMILES string of the molecule is Cn1c(COc2ccc(Cl)cc2)nnc1S[C@H]1CS(=O)(=O)C[C@H]1O. The van der Waals surface area contributed by atoms with Crippen LogP contribution in [0.5, 0.6) is 5.75 Å². The number of aromatic nitrogens is 3. The average molecular weight is 390 g/mol. The van der Waals surface area contributed by atoms with E-state index in [2.05, 4.69) is 10.2 Å². The standard InChI is InChI=1S/C14H16ClN3O4S2/c1-18-13(6-22-10-4-2-9(15)3-5-10)16-17-14(18)23-12-8-24(20,21)7-11(12)19/h2-5,11-12,19H,6-8H2,1H3/t11-,12+/m1/s1. The molecule has 130 valence electrons. The molecular weight excluding hydrogens is 374 g/mol. The van der Waals surface area contributed by atoms with Crippen molar-refractivity contribution in [3.63, 3.8) is 0 Å². The predicted molar refractivity (Wildman–Crippen MR) is 91.1 cm³/mol. The Morgan fingerprint density at radius 2 is 2.04 bits per heavy atom. The van der Waals surface area contributed by atoms with E-state index >= 15 is 0 Å². The molecule has 1 aliphatic heterocycles. The van der Waals surface area contributed by atoms with Gasteiger partial charge in [0.05, 0.1) is 22.9 Å². The molecule has 1 aromatic heterocycles. The van der Waals surface area contributed by atoms with Gasteiger partial charge < -0.3 is 14.4 Å². The van der Waals surface area contributed by atoms with Gasteiger partial charge in [0, 0.05) is 12.1 Å². The number of halogens is 1. The van der Waals surface area contributed by atoms with Gasteiger partial charge in [0.15, 0.2) is 20.8 Å². The molecule has 1 aliphatic rings. The Bertz CT molecular complexity index is 823. The van der Waals surface area contributed by atoms with Crippen molar-refractivity contribution in [2.75, 3.05) is 11.5 Å². The van der Waals surface area contributed by atoms with Crippen LogP contribution in [0.25, 0.3) is 0 Å². The molecule has 0 spiro atoms. The molecule has 24 heavy (non-hydrogen) atoms. The van der Waals surface area contributed by atoms with E-state index in [0.717, 1.165) is 0 Å². The van der Waals surface area contributed by atoms with Crippen LogP contribution in [-0.4, -0.2) is 51.1 Å². The van der Waals surface area contributed by atoms with Crippen LogP contribution in [0.15, 0.2) is 29.4 Å². The topological polar surface area (TPSA) is 94.3 Å². The normalized spacial score (nSPS) is 22.6. The number of benzene rings is 1. The van der Waals surface area contributed by atoms with Crippen molar-refractivity contribution in [1.82, 2.24) is 14.8 Å². The lowest BCUT2D eigenvalue weighted by molar-refractivity contribution is 0.207. The van der Waals surface area contributed by atoms with Crippen LogP contribution in [0.3, 0.4) is 0 Å². The molecule has 0 saturated carbocycles. The Hall–Kier alpha value is -1.29. The zero-order chi connectivity index (χ0) is 17.3. The van der Waals surface area contributed by atoms with Crippen molar-refractivity contribution < 1.29 is 18.3 Å². The third-order valence-electron chi connectivity index (χ3n) is 3.64. The zero-order valence-corrected chi connectivity index (χ0v) is 15.2. The first-order valence-electron chi connectivity index (χ1n) is 7.16. The number of ether oxygens (including phenoxy) is 1. The second kappa shape index (κ2) is 6.91. The summed E-state index contributed by atoms with van der Waals surface area (Å²) in [7, 11) is -1.41. The molecule has 3 rings (SSSR count). The largest absolute Gasteiger partial charge is 0.486 e. The molecule has 0 amide bonds. The summed E-state index contributed by atoms with van der Waals surface area (Å²) in [6, 6.07) is 6.98. The van der Waals surface area contributed by atoms with Crippen molar-refractivity contribution >= 4 is 33.2 Å². The lowest BCUT2D eigenvalue weighted by atomic mass is 10.3. The number of hydrogen-bond donors (Lipinski definition) is 1. The number of aliphatic hydroxyl groups is 1. The summed E-state index contributed by atoms with van der Waals surface area (Å²) in [4.78, 5) is 0. The van der Waals surface area contributed by atoms with E-state index in [1.54, 1.807) is 35.9 Å². The molecule has 1 N–H and O–H groups in total. The number of hydrogen-bond acceptors (Lipinski definition) is 7. The summed E-state index contributed by atoms with van der Waals surface area (Å²) in [6.45, 7) is 0.219. The summed E-state index contributed by atoms with van der Waals surface area (Å²) < 4.78 is 30.5. The van der Waals surface area contributed by atoms with E-state index in [1.165, 1.54) is 11.8 Å². The fourth-order valence-electron chi connectivity index (χ4n) is 2.30. The molecule has 10 heteroatoms. The van der Waals surface area contributed by atoms with Gasteiger partial charge in [-0.2, -0.15) is 0 Å². The minimum absolute atomic E-state index is 0.0533. The predicted octanol–water partition coefficient (Wildman–Crippen LogP) is 1.30. The molecule has 2 aromatic rings. The van der Waals surface area contributed by atoms with Crippen LogP contribution < -0.4 is 4.74 Å². The van der Waals surface area contributed by atoms with Crippen molar-refractivity contribution in [3.8, 4) is 5.75 Å². The van der Waals surface area contributed by atoms with E-state index in [1.807, 2.05) is 0 Å². The number of sulfone groups is 1. The van der Waals surface area contributed by atoms with Crippen molar-refractivity contribution in [2.24, 2.45) is 7.05 Å². The lowest BCUT2D eigenvalue weighted by Gasteiger charge is -2.11. The Morgan fingerprint density at radius 3 is 2.67 bits per heavy atom. The number of nitrogens with zero attached hydrogens (tertiary/aromatic N) is 3. The fraction of sp³-hybridized carbons (Fsp3) is 0.429. The zero-order valence-electron chi connectivity index (χ0n) is 12.8. The summed E-state index contributed by atoms with van der Waals surface area (Å²) >= 11 is 7.04. The maximum Gasteiger partial charge on any atom is 0.191 e. The first-order valence-corrected chi connectivity index (χ1v) is 10.2. The smallest absolute Gasteiger partial charge is 0.191 e. The first-order chi connectivity index (χ1) is 11.3. The lowest BCUT2D eigenvalue weighted by Crippen LogP contribution is -2.20. The highest BCUT2D eigenvalue weighted by Crippen LogP contribution is 2.30. The Kier molecular flexibility index (Phi) is 5.05. The second-order valence-corrected chi connectivity index (χ2v) is 9.30. The minimum atomic E-state index is -3.18. The van der Waals surface area contributed by atoms with Crippen LogP contribution >= 0.6 is 23.4 Å². The van der Waals surface area contributed by atoms with E-state index in [4.69, 9.17) is 16.3 Å². The summed E-state index contributed by atoms with van der Waals surface area (Å²) in [5, 5.41) is 18.7. The molecule has 1 fully saturated rings. The van der Waals surface area contributed by atoms with Gasteiger partial charge in [-0.25, -0.2) is 8.42 Å². The summed E-state index contributed by atoms with van der Waals surface area (Å²) in [5.74, 6) is 1.01. The Balaban J connectivity index is 1.64. The molecule has 0 aliphatic carbocycles. The van der Waals surface area contributed by atoms with Crippen LogP contribution in [0.2, 0.25) is 5.02 Å². The third-order valence-corrected chi connectivity index (χ3v) is 7.16. The van der Waals surface area contributed by atoms with E-state index in [-0.39, 0.29) is 18.1 Å². The maximum atomic E-state index is 11.6. The van der Waals surface area contributed by atoms with Gasteiger partial charge in [-0.05, 0) is 24.3 Å². The molecule has 1 aromatic carbocycles. The molecule has 0 bridgehead atoms. The van der Waals surface area contributed by atoms with Gasteiger partial charge in [0.1, 0.15) is 12.4 Å². The monoisotopic (exact) mass is 389 g/mol. The van der Waals surface area contributed by atoms with Gasteiger partial charge >= 0.3 is 0 Å². The molecule has 1 saturated heterocycles. The molecule has 0 radical (unpaired) electrons.